The van der Waals surface area contributed by atoms with Crippen molar-refractivity contribution in [3.8, 4) is 0 Å². The van der Waals surface area contributed by atoms with Crippen molar-refractivity contribution in [2.75, 3.05) is 20.1 Å². The Bertz CT molecular complexity index is 1000. The molecule has 2 fully saturated rings. The second kappa shape index (κ2) is 8.48. The molecule has 1 N–H and O–H groups in total. The lowest BCUT2D eigenvalue weighted by Gasteiger charge is -2.39. The number of para-hydroxylation sites is 2. The highest BCUT2D eigenvalue weighted by molar-refractivity contribution is 5.76. The van der Waals surface area contributed by atoms with E-state index in [2.05, 4.69) is 59.1 Å². The first-order valence-corrected chi connectivity index (χ1v) is 11.5. The summed E-state index contributed by atoms with van der Waals surface area (Å²) in [7, 11) is 2.27. The van der Waals surface area contributed by atoms with Gasteiger partial charge in [-0.25, -0.2) is 4.98 Å². The number of nitrogens with zero attached hydrogens (tertiary/aromatic N) is 4. The third kappa shape index (κ3) is 3.65. The fourth-order valence-corrected chi connectivity index (χ4v) is 5.48. The highest BCUT2D eigenvalue weighted by Gasteiger charge is 2.34. The molecule has 1 aromatic carbocycles. The summed E-state index contributed by atoms with van der Waals surface area (Å²) in [6.07, 6.45) is 7.98. The van der Waals surface area contributed by atoms with Gasteiger partial charge in [0.05, 0.1) is 28.8 Å². The number of aromatic nitrogens is 3. The molecule has 30 heavy (non-hydrogen) atoms. The first-order chi connectivity index (χ1) is 14.7. The molecule has 2 aliphatic rings. The molecule has 0 bridgehead atoms. The zero-order chi connectivity index (χ0) is 20.5. The van der Waals surface area contributed by atoms with Crippen LogP contribution in [0.1, 0.15) is 61.3 Å². The van der Waals surface area contributed by atoms with Crippen molar-refractivity contribution in [3.05, 3.63) is 59.7 Å². The summed E-state index contributed by atoms with van der Waals surface area (Å²) in [5.41, 5.74) is 4.94. The lowest BCUT2D eigenvalue weighted by atomic mass is 9.91. The summed E-state index contributed by atoms with van der Waals surface area (Å²) in [6, 6.07) is 13.6. The average Bonchev–Trinajstić information content (AvgIpc) is 3.13. The number of hydrogen-bond donors (Lipinski definition) is 1. The lowest BCUT2D eigenvalue weighted by Crippen LogP contribution is -2.36. The zero-order valence-electron chi connectivity index (χ0n) is 18.2. The third-order valence-electron chi connectivity index (χ3n) is 7.19. The molecule has 5 nitrogen and oxygen atoms in total. The summed E-state index contributed by atoms with van der Waals surface area (Å²) < 4.78 is 2.54. The van der Waals surface area contributed by atoms with Crippen LogP contribution in [-0.4, -0.2) is 39.6 Å². The number of pyridine rings is 1. The van der Waals surface area contributed by atoms with Crippen LogP contribution in [0.2, 0.25) is 0 Å². The Labute approximate surface area is 179 Å². The van der Waals surface area contributed by atoms with E-state index in [1.165, 1.54) is 48.3 Å². The van der Waals surface area contributed by atoms with Crippen LogP contribution in [0.3, 0.4) is 0 Å². The zero-order valence-corrected chi connectivity index (χ0v) is 18.2. The molecule has 0 spiro atoms. The number of likely N-dealkylation sites (tertiary alicyclic amines) is 1. The topological polar surface area (TPSA) is 46.0 Å². The van der Waals surface area contributed by atoms with Gasteiger partial charge in [0.15, 0.2) is 0 Å². The minimum atomic E-state index is 0.333. The van der Waals surface area contributed by atoms with Crippen molar-refractivity contribution in [1.82, 2.24) is 24.8 Å². The molecule has 158 valence electrons. The van der Waals surface area contributed by atoms with Crippen molar-refractivity contribution < 1.29 is 0 Å². The minimum Gasteiger partial charge on any atom is -0.326 e. The maximum Gasteiger partial charge on any atom is 0.127 e. The van der Waals surface area contributed by atoms with Gasteiger partial charge in [0.25, 0.3) is 0 Å². The summed E-state index contributed by atoms with van der Waals surface area (Å²) in [6.45, 7) is 5.54. The van der Waals surface area contributed by atoms with Gasteiger partial charge in [0, 0.05) is 12.7 Å². The summed E-state index contributed by atoms with van der Waals surface area (Å²) in [4.78, 5) is 12.5. The van der Waals surface area contributed by atoms with E-state index in [1.807, 2.05) is 12.3 Å². The molecule has 2 aliphatic heterocycles. The highest BCUT2D eigenvalue weighted by atomic mass is 15.2. The summed E-state index contributed by atoms with van der Waals surface area (Å²) >= 11 is 0. The fourth-order valence-electron chi connectivity index (χ4n) is 5.48. The quantitative estimate of drug-likeness (QED) is 0.689. The number of imidazole rings is 1. The largest absolute Gasteiger partial charge is 0.326 e. The van der Waals surface area contributed by atoms with E-state index in [0.29, 0.717) is 12.1 Å². The number of rotatable bonds is 4. The Balaban J connectivity index is 1.51. The molecular formula is C25H33N5. The Morgan fingerprint density at radius 1 is 1.00 bits per heavy atom. The summed E-state index contributed by atoms with van der Waals surface area (Å²) in [5, 5.41) is 3.51. The van der Waals surface area contributed by atoms with E-state index in [0.717, 1.165) is 37.5 Å². The van der Waals surface area contributed by atoms with E-state index in [9.17, 15) is 0 Å². The van der Waals surface area contributed by atoms with Gasteiger partial charge in [0.2, 0.25) is 0 Å². The molecule has 3 aromatic rings. The number of hydrogen-bond acceptors (Lipinski definition) is 4. The van der Waals surface area contributed by atoms with Crippen LogP contribution in [-0.2, 0) is 6.54 Å². The van der Waals surface area contributed by atoms with Crippen LogP contribution >= 0.6 is 0 Å². The monoisotopic (exact) mass is 403 g/mol. The molecule has 0 unspecified atom stereocenters. The van der Waals surface area contributed by atoms with Gasteiger partial charge >= 0.3 is 0 Å². The molecular weight excluding hydrogens is 370 g/mol. The second-order valence-corrected chi connectivity index (χ2v) is 9.10. The fraction of sp³-hybridized carbons (Fsp3) is 0.520. The van der Waals surface area contributed by atoms with E-state index in [-0.39, 0.29) is 0 Å². The van der Waals surface area contributed by atoms with Crippen molar-refractivity contribution in [3.63, 3.8) is 0 Å². The average molecular weight is 404 g/mol. The SMILES string of the molecule is Cc1cccnc1[C@@H]1CCC[C@H](c2nc3ccccc3n2CC2CCNCC2)N1C. The maximum absolute atomic E-state index is 5.19. The Morgan fingerprint density at radius 2 is 1.80 bits per heavy atom. The number of nitrogens with one attached hydrogen (secondary N) is 1. The van der Waals surface area contributed by atoms with E-state index in [4.69, 9.17) is 9.97 Å². The summed E-state index contributed by atoms with van der Waals surface area (Å²) in [5.74, 6) is 1.97. The Hall–Kier alpha value is -2.24. The third-order valence-corrected chi connectivity index (χ3v) is 7.19. The van der Waals surface area contributed by atoms with Crippen LogP contribution in [0, 0.1) is 12.8 Å². The maximum atomic E-state index is 5.19. The smallest absolute Gasteiger partial charge is 0.127 e. The molecule has 0 aliphatic carbocycles. The first-order valence-electron chi connectivity index (χ1n) is 11.5. The minimum absolute atomic E-state index is 0.333. The van der Waals surface area contributed by atoms with Crippen LogP contribution in [0.15, 0.2) is 42.6 Å². The van der Waals surface area contributed by atoms with Gasteiger partial charge in [-0.1, -0.05) is 18.2 Å². The van der Waals surface area contributed by atoms with Crippen LogP contribution in [0.25, 0.3) is 11.0 Å². The second-order valence-electron chi connectivity index (χ2n) is 9.10. The molecule has 2 atom stereocenters. The van der Waals surface area contributed by atoms with E-state index >= 15 is 0 Å². The molecule has 0 radical (unpaired) electrons. The molecule has 4 heterocycles. The predicted molar refractivity (Wildman–Crippen MR) is 121 cm³/mol. The van der Waals surface area contributed by atoms with Crippen LogP contribution < -0.4 is 5.32 Å². The van der Waals surface area contributed by atoms with Gasteiger partial charge in [-0.3, -0.25) is 9.88 Å². The molecule has 5 heteroatoms. The lowest BCUT2D eigenvalue weighted by molar-refractivity contribution is 0.103. The van der Waals surface area contributed by atoms with E-state index < -0.39 is 0 Å². The van der Waals surface area contributed by atoms with Crippen LogP contribution in [0.4, 0.5) is 0 Å². The Morgan fingerprint density at radius 3 is 2.63 bits per heavy atom. The number of fused-ring (bicyclic) bond motifs is 1. The van der Waals surface area contributed by atoms with Crippen molar-refractivity contribution in [1.29, 1.82) is 0 Å². The number of benzene rings is 1. The molecule has 2 saturated heterocycles. The van der Waals surface area contributed by atoms with Gasteiger partial charge in [-0.2, -0.15) is 0 Å². The molecule has 2 aromatic heterocycles. The normalized spacial score (nSPS) is 23.8. The molecule has 5 rings (SSSR count). The van der Waals surface area contributed by atoms with Crippen LogP contribution in [0.5, 0.6) is 0 Å². The van der Waals surface area contributed by atoms with Crippen molar-refractivity contribution >= 4 is 11.0 Å². The number of aryl methyl sites for hydroxylation is 1. The molecule has 0 amide bonds. The number of piperidine rings is 2. The first kappa shape index (κ1) is 19.7. The van der Waals surface area contributed by atoms with Gasteiger partial charge in [-0.05, 0) is 88.8 Å². The van der Waals surface area contributed by atoms with Gasteiger partial charge in [-0.15, -0.1) is 0 Å². The molecule has 0 saturated carbocycles. The van der Waals surface area contributed by atoms with Crippen molar-refractivity contribution in [2.45, 2.75) is 57.7 Å². The van der Waals surface area contributed by atoms with Gasteiger partial charge in [0.1, 0.15) is 5.82 Å². The highest BCUT2D eigenvalue weighted by Crippen LogP contribution is 2.41. The van der Waals surface area contributed by atoms with E-state index in [1.54, 1.807) is 0 Å². The van der Waals surface area contributed by atoms with Crippen molar-refractivity contribution in [2.24, 2.45) is 5.92 Å². The predicted octanol–water partition coefficient (Wildman–Crippen LogP) is 4.64. The Kier molecular flexibility index (Phi) is 5.57. The standard InChI is InChI=1S/C25H33N5/c1-18-7-6-14-27-24(18)22-10-5-11-23(29(22)2)25-28-20-8-3-4-9-21(20)30(25)17-19-12-15-26-16-13-19/h3-4,6-9,14,19,22-23,26H,5,10-13,15-17H2,1-2H3/t22-,23+/m0/s1. The van der Waals surface area contributed by atoms with Gasteiger partial charge < -0.3 is 9.88 Å².